The van der Waals surface area contributed by atoms with E-state index in [1.807, 2.05) is 60.7 Å². The molecule has 4 rings (SSSR count). The van der Waals surface area contributed by atoms with Gasteiger partial charge in [-0.15, -0.1) is 0 Å². The molecule has 0 amide bonds. The van der Waals surface area contributed by atoms with E-state index in [1.54, 1.807) is 0 Å². The van der Waals surface area contributed by atoms with Gasteiger partial charge in [0.15, 0.2) is 5.78 Å². The number of ketones is 1. The molecule has 0 aliphatic rings. The lowest BCUT2D eigenvalue weighted by Gasteiger charge is -2.12. The molecule has 0 aliphatic carbocycles. The van der Waals surface area contributed by atoms with Crippen molar-refractivity contribution in [1.29, 1.82) is 0 Å². The van der Waals surface area contributed by atoms with E-state index in [1.165, 1.54) is 6.08 Å². The van der Waals surface area contributed by atoms with Crippen molar-refractivity contribution in [1.82, 2.24) is 0 Å². The zero-order valence-electron chi connectivity index (χ0n) is 15.8. The summed E-state index contributed by atoms with van der Waals surface area (Å²) in [4.78, 5) is 12.5. The van der Waals surface area contributed by atoms with Crippen molar-refractivity contribution in [3.05, 3.63) is 94.1 Å². The highest BCUT2D eigenvalue weighted by Gasteiger charge is 2.11. The van der Waals surface area contributed by atoms with Crippen LogP contribution in [0.15, 0.2) is 84.9 Å². The number of benzene rings is 4. The smallest absolute Gasteiger partial charge is 0.161 e. The molecule has 0 atom stereocenters. The Morgan fingerprint density at radius 1 is 0.897 bits per heavy atom. The third-order valence-electron chi connectivity index (χ3n) is 4.81. The molecule has 0 heterocycles. The standard InChI is InChI=1S/C25H20INO2/c26-19-9-11-21(12-10-19)29-14-13-20(28)16-24(27)25-22-7-3-1-5-17(22)15-18-6-2-4-8-23(18)25/h1-12,15-16H,13-14,27H2/b24-16-. The molecule has 4 heteroatoms. The number of allylic oxidation sites excluding steroid dienone is 1. The second-order valence-electron chi connectivity index (χ2n) is 6.81. The van der Waals surface area contributed by atoms with Gasteiger partial charge in [0.05, 0.1) is 6.61 Å². The molecule has 0 bridgehead atoms. The topological polar surface area (TPSA) is 52.3 Å². The van der Waals surface area contributed by atoms with Gasteiger partial charge in [-0.1, -0.05) is 48.5 Å². The average molecular weight is 493 g/mol. The van der Waals surface area contributed by atoms with Gasteiger partial charge in [-0.05, 0) is 74.5 Å². The molecule has 0 saturated carbocycles. The maximum absolute atomic E-state index is 12.5. The van der Waals surface area contributed by atoms with Crippen molar-refractivity contribution in [2.75, 3.05) is 6.61 Å². The summed E-state index contributed by atoms with van der Waals surface area (Å²) in [5, 5.41) is 4.30. The lowest BCUT2D eigenvalue weighted by molar-refractivity contribution is -0.115. The lowest BCUT2D eigenvalue weighted by atomic mass is 9.94. The Labute approximate surface area is 183 Å². The van der Waals surface area contributed by atoms with Gasteiger partial charge in [-0.25, -0.2) is 0 Å². The van der Waals surface area contributed by atoms with Gasteiger partial charge < -0.3 is 10.5 Å². The van der Waals surface area contributed by atoms with Gasteiger partial charge in [0.2, 0.25) is 0 Å². The fourth-order valence-electron chi connectivity index (χ4n) is 3.44. The van der Waals surface area contributed by atoms with Crippen LogP contribution in [0.3, 0.4) is 0 Å². The number of nitrogens with two attached hydrogens (primary N) is 1. The largest absolute Gasteiger partial charge is 0.493 e. The summed E-state index contributed by atoms with van der Waals surface area (Å²) in [5.74, 6) is 0.709. The first-order chi connectivity index (χ1) is 14.1. The number of carbonyl (C=O) groups is 1. The van der Waals surface area contributed by atoms with E-state index in [-0.39, 0.29) is 12.2 Å². The molecule has 29 heavy (non-hydrogen) atoms. The van der Waals surface area contributed by atoms with Gasteiger partial charge in [0.25, 0.3) is 0 Å². The van der Waals surface area contributed by atoms with E-state index < -0.39 is 0 Å². The number of fused-ring (bicyclic) bond motifs is 2. The zero-order chi connectivity index (χ0) is 20.2. The van der Waals surface area contributed by atoms with Crippen molar-refractivity contribution in [2.45, 2.75) is 6.42 Å². The number of carbonyl (C=O) groups excluding carboxylic acids is 1. The minimum Gasteiger partial charge on any atom is -0.493 e. The van der Waals surface area contributed by atoms with E-state index in [4.69, 9.17) is 10.5 Å². The average Bonchev–Trinajstić information content (AvgIpc) is 2.73. The number of hydrogen-bond acceptors (Lipinski definition) is 3. The summed E-state index contributed by atoms with van der Waals surface area (Å²) in [6.45, 7) is 0.319. The second kappa shape index (κ2) is 8.66. The van der Waals surface area contributed by atoms with Crippen LogP contribution in [-0.2, 0) is 4.79 Å². The summed E-state index contributed by atoms with van der Waals surface area (Å²) < 4.78 is 6.81. The molecule has 0 saturated heterocycles. The van der Waals surface area contributed by atoms with E-state index in [0.717, 1.165) is 36.4 Å². The van der Waals surface area contributed by atoms with Crippen LogP contribution in [-0.4, -0.2) is 12.4 Å². The molecule has 0 fully saturated rings. The van der Waals surface area contributed by atoms with Crippen molar-refractivity contribution in [3.63, 3.8) is 0 Å². The molecular weight excluding hydrogens is 473 g/mol. The summed E-state index contributed by atoms with van der Waals surface area (Å²) in [7, 11) is 0. The van der Waals surface area contributed by atoms with E-state index in [0.29, 0.717) is 12.3 Å². The van der Waals surface area contributed by atoms with Crippen LogP contribution in [0.4, 0.5) is 0 Å². The van der Waals surface area contributed by atoms with Gasteiger partial charge in [-0.2, -0.15) is 0 Å². The highest BCUT2D eigenvalue weighted by atomic mass is 127. The third kappa shape index (κ3) is 4.43. The highest BCUT2D eigenvalue weighted by molar-refractivity contribution is 14.1. The Balaban J connectivity index is 1.58. The molecule has 0 unspecified atom stereocenters. The highest BCUT2D eigenvalue weighted by Crippen LogP contribution is 2.31. The predicted molar refractivity (Wildman–Crippen MR) is 128 cm³/mol. The first-order valence-electron chi connectivity index (χ1n) is 9.41. The Kier molecular flexibility index (Phi) is 5.81. The van der Waals surface area contributed by atoms with E-state index in [2.05, 4.69) is 40.8 Å². The molecule has 144 valence electrons. The molecule has 0 aromatic heterocycles. The molecular formula is C25H20INO2. The molecule has 4 aromatic rings. The number of ether oxygens (including phenoxy) is 1. The Hall–Kier alpha value is -2.86. The minimum atomic E-state index is -0.0509. The van der Waals surface area contributed by atoms with Crippen LogP contribution in [0.1, 0.15) is 12.0 Å². The second-order valence-corrected chi connectivity index (χ2v) is 8.06. The van der Waals surface area contributed by atoms with Gasteiger partial charge in [0, 0.05) is 27.3 Å². The third-order valence-corrected chi connectivity index (χ3v) is 5.53. The van der Waals surface area contributed by atoms with E-state index >= 15 is 0 Å². The monoisotopic (exact) mass is 493 g/mol. The zero-order valence-corrected chi connectivity index (χ0v) is 17.9. The lowest BCUT2D eigenvalue weighted by Crippen LogP contribution is -2.07. The Morgan fingerprint density at radius 2 is 1.48 bits per heavy atom. The fourth-order valence-corrected chi connectivity index (χ4v) is 3.80. The van der Waals surface area contributed by atoms with Crippen LogP contribution < -0.4 is 10.5 Å². The van der Waals surface area contributed by atoms with Crippen LogP contribution in [0.25, 0.3) is 27.2 Å². The van der Waals surface area contributed by atoms with Crippen molar-refractivity contribution in [2.24, 2.45) is 5.73 Å². The molecule has 2 N–H and O–H groups in total. The van der Waals surface area contributed by atoms with Crippen LogP contribution in [0.2, 0.25) is 0 Å². The minimum absolute atomic E-state index is 0.0509. The van der Waals surface area contributed by atoms with Crippen molar-refractivity contribution >= 4 is 55.6 Å². The summed E-state index contributed by atoms with van der Waals surface area (Å²) in [6, 6.07) is 26.1. The van der Waals surface area contributed by atoms with Gasteiger partial charge >= 0.3 is 0 Å². The SMILES string of the molecule is N/C(=C\C(=O)CCOc1ccc(I)cc1)c1c2ccccc2cc2ccccc12. The molecule has 4 aromatic carbocycles. The van der Waals surface area contributed by atoms with Crippen LogP contribution in [0, 0.1) is 3.57 Å². The summed E-state index contributed by atoms with van der Waals surface area (Å²) in [6.07, 6.45) is 1.81. The van der Waals surface area contributed by atoms with Gasteiger partial charge in [0.1, 0.15) is 5.75 Å². The predicted octanol–water partition coefficient (Wildman–Crippen LogP) is 5.94. The van der Waals surface area contributed by atoms with Crippen molar-refractivity contribution < 1.29 is 9.53 Å². The fraction of sp³-hybridized carbons (Fsp3) is 0.0800. The summed E-state index contributed by atoms with van der Waals surface area (Å²) >= 11 is 2.24. The van der Waals surface area contributed by atoms with Crippen LogP contribution in [0.5, 0.6) is 5.75 Å². The van der Waals surface area contributed by atoms with Crippen molar-refractivity contribution in [3.8, 4) is 5.75 Å². The normalized spacial score (nSPS) is 11.7. The molecule has 3 nitrogen and oxygen atoms in total. The first kappa shape index (κ1) is 19.5. The summed E-state index contributed by atoms with van der Waals surface area (Å²) in [5.41, 5.74) is 7.82. The quantitative estimate of drug-likeness (QED) is 0.206. The molecule has 0 aliphatic heterocycles. The number of rotatable bonds is 6. The molecule has 0 spiro atoms. The van der Waals surface area contributed by atoms with Crippen LogP contribution >= 0.6 is 22.6 Å². The number of halogens is 1. The Morgan fingerprint density at radius 3 is 2.10 bits per heavy atom. The maximum Gasteiger partial charge on any atom is 0.161 e. The van der Waals surface area contributed by atoms with E-state index in [9.17, 15) is 4.79 Å². The first-order valence-corrected chi connectivity index (χ1v) is 10.5. The molecule has 0 radical (unpaired) electrons. The Bertz CT molecular complexity index is 1160. The van der Waals surface area contributed by atoms with Gasteiger partial charge in [-0.3, -0.25) is 4.79 Å². The number of hydrogen-bond donors (Lipinski definition) is 1. The maximum atomic E-state index is 12.5.